The largest absolute Gasteiger partial charge is 0.493 e. The first-order valence-corrected chi connectivity index (χ1v) is 9.57. The van der Waals surface area contributed by atoms with Crippen LogP contribution in [0.25, 0.3) is 16.8 Å². The van der Waals surface area contributed by atoms with E-state index in [0.717, 1.165) is 16.8 Å². The summed E-state index contributed by atoms with van der Waals surface area (Å²) in [6.07, 6.45) is 1.07. The Balaban J connectivity index is 1.91. The molecule has 3 aromatic rings. The Hall–Kier alpha value is -3.29. The second-order valence-electron chi connectivity index (χ2n) is 7.24. The number of methoxy groups -OCH3 is 2. The number of likely N-dealkylation sites (N-methyl/N-ethyl adjacent to an activating group) is 1. The molecule has 1 unspecified atom stereocenters. The number of aryl methyl sites for hydroxylation is 1. The standard InChI is InChI=1S/C21H24N4O4/c1-5-14-20(12-6-7-16(28-3)17(8-12)29-4)21-22-15(10-19(27)25(21)23-14)13-9-18(26)24(2)11-13/h6-8,10,13,23H,5,9,11H2,1-4H3. The van der Waals surface area contributed by atoms with Gasteiger partial charge in [0.15, 0.2) is 17.1 Å². The van der Waals surface area contributed by atoms with Gasteiger partial charge < -0.3 is 14.4 Å². The molecule has 0 saturated carbocycles. The number of benzene rings is 1. The Bertz CT molecular complexity index is 1150. The molecule has 1 aromatic carbocycles. The molecule has 1 aliphatic rings. The number of amides is 1. The molecule has 4 rings (SSSR count). The fourth-order valence-corrected chi connectivity index (χ4v) is 3.92. The predicted octanol–water partition coefficient (Wildman–Crippen LogP) is 2.21. The van der Waals surface area contributed by atoms with Gasteiger partial charge in [-0.3, -0.25) is 14.7 Å². The Morgan fingerprint density at radius 2 is 1.93 bits per heavy atom. The number of carbonyl (C=O) groups excluding carboxylic acids is 1. The van der Waals surface area contributed by atoms with Gasteiger partial charge in [0.25, 0.3) is 5.56 Å². The van der Waals surface area contributed by atoms with Gasteiger partial charge in [0.05, 0.1) is 19.9 Å². The van der Waals surface area contributed by atoms with Crippen molar-refractivity contribution in [2.75, 3.05) is 27.8 Å². The van der Waals surface area contributed by atoms with Crippen molar-refractivity contribution in [2.45, 2.75) is 25.7 Å². The lowest BCUT2D eigenvalue weighted by molar-refractivity contribution is -0.126. The van der Waals surface area contributed by atoms with Crippen LogP contribution in [0.3, 0.4) is 0 Å². The Kier molecular flexibility index (Phi) is 4.77. The van der Waals surface area contributed by atoms with Gasteiger partial charge in [0.1, 0.15) is 0 Å². The Labute approximate surface area is 168 Å². The van der Waals surface area contributed by atoms with Crippen LogP contribution < -0.4 is 15.0 Å². The van der Waals surface area contributed by atoms with Gasteiger partial charge in [0.2, 0.25) is 5.91 Å². The fraction of sp³-hybridized carbons (Fsp3) is 0.381. The topological polar surface area (TPSA) is 88.9 Å². The van der Waals surface area contributed by atoms with E-state index in [2.05, 4.69) is 5.10 Å². The summed E-state index contributed by atoms with van der Waals surface area (Å²) < 4.78 is 12.3. The van der Waals surface area contributed by atoms with Crippen molar-refractivity contribution in [2.24, 2.45) is 0 Å². The van der Waals surface area contributed by atoms with E-state index in [1.807, 2.05) is 25.1 Å². The molecule has 0 spiro atoms. The minimum atomic E-state index is -0.187. The lowest BCUT2D eigenvalue weighted by Gasteiger charge is -2.11. The number of rotatable bonds is 5. The monoisotopic (exact) mass is 396 g/mol. The van der Waals surface area contributed by atoms with Crippen LogP contribution in [0.2, 0.25) is 0 Å². The maximum absolute atomic E-state index is 12.8. The van der Waals surface area contributed by atoms with Crippen molar-refractivity contribution >= 4 is 11.6 Å². The summed E-state index contributed by atoms with van der Waals surface area (Å²) in [5, 5.41) is 3.17. The van der Waals surface area contributed by atoms with Crippen molar-refractivity contribution in [1.29, 1.82) is 0 Å². The number of aromatic amines is 1. The van der Waals surface area contributed by atoms with Gasteiger partial charge in [-0.1, -0.05) is 13.0 Å². The first-order valence-electron chi connectivity index (χ1n) is 9.57. The van der Waals surface area contributed by atoms with Gasteiger partial charge in [0, 0.05) is 43.3 Å². The number of fused-ring (bicyclic) bond motifs is 1. The number of carbonyl (C=O) groups is 1. The average Bonchev–Trinajstić information content (AvgIpc) is 3.27. The van der Waals surface area contributed by atoms with Crippen LogP contribution in [0.1, 0.15) is 30.7 Å². The van der Waals surface area contributed by atoms with E-state index in [0.29, 0.717) is 42.2 Å². The fourth-order valence-electron chi connectivity index (χ4n) is 3.92. The van der Waals surface area contributed by atoms with E-state index in [-0.39, 0.29) is 17.4 Å². The molecule has 152 valence electrons. The number of likely N-dealkylation sites (tertiary alicyclic amines) is 1. The molecule has 1 aliphatic heterocycles. The van der Waals surface area contributed by atoms with Crippen LogP contribution in [0.5, 0.6) is 11.5 Å². The van der Waals surface area contributed by atoms with E-state index >= 15 is 0 Å². The van der Waals surface area contributed by atoms with Crippen LogP contribution >= 0.6 is 0 Å². The highest BCUT2D eigenvalue weighted by Gasteiger charge is 2.30. The van der Waals surface area contributed by atoms with E-state index in [1.54, 1.807) is 26.2 Å². The molecule has 3 heterocycles. The number of hydrogen-bond acceptors (Lipinski definition) is 5. The molecule has 1 atom stereocenters. The molecule has 1 amide bonds. The molecule has 1 fully saturated rings. The molecule has 29 heavy (non-hydrogen) atoms. The number of aromatic nitrogens is 3. The molecular weight excluding hydrogens is 372 g/mol. The van der Waals surface area contributed by atoms with Crippen LogP contribution in [-0.4, -0.2) is 53.2 Å². The summed E-state index contributed by atoms with van der Waals surface area (Å²) in [6, 6.07) is 7.17. The summed E-state index contributed by atoms with van der Waals surface area (Å²) in [7, 11) is 4.95. The molecular formula is C21H24N4O4. The third-order valence-corrected chi connectivity index (χ3v) is 5.50. The van der Waals surface area contributed by atoms with Crippen molar-refractivity contribution in [3.63, 3.8) is 0 Å². The number of nitrogens with one attached hydrogen (secondary N) is 1. The first kappa shape index (κ1) is 19.0. The summed E-state index contributed by atoms with van der Waals surface area (Å²) in [6.45, 7) is 2.59. The van der Waals surface area contributed by atoms with Gasteiger partial charge in [-0.25, -0.2) is 9.50 Å². The van der Waals surface area contributed by atoms with Crippen molar-refractivity contribution < 1.29 is 14.3 Å². The normalized spacial score (nSPS) is 16.6. The second kappa shape index (κ2) is 7.27. The van der Waals surface area contributed by atoms with E-state index in [9.17, 15) is 9.59 Å². The van der Waals surface area contributed by atoms with Crippen molar-refractivity contribution in [1.82, 2.24) is 19.5 Å². The number of H-pyrrole nitrogens is 1. The first-order chi connectivity index (χ1) is 14.0. The maximum Gasteiger partial charge on any atom is 0.272 e. The zero-order valence-corrected chi connectivity index (χ0v) is 17.0. The summed E-state index contributed by atoms with van der Waals surface area (Å²) in [4.78, 5) is 31.3. The molecule has 0 radical (unpaired) electrons. The van der Waals surface area contributed by atoms with Crippen molar-refractivity contribution in [3.05, 3.63) is 46.0 Å². The summed E-state index contributed by atoms with van der Waals surface area (Å²) in [5.41, 5.74) is 3.65. The maximum atomic E-state index is 12.8. The Morgan fingerprint density at radius 1 is 1.17 bits per heavy atom. The SMILES string of the molecule is CCc1[nH]n2c(=O)cc(C3CC(=O)N(C)C3)nc2c1-c1ccc(OC)c(OC)c1. The third kappa shape index (κ3) is 3.14. The molecule has 1 N–H and O–H groups in total. The molecule has 2 aromatic heterocycles. The lowest BCUT2D eigenvalue weighted by Crippen LogP contribution is -2.20. The highest BCUT2D eigenvalue weighted by molar-refractivity contribution is 5.82. The smallest absolute Gasteiger partial charge is 0.272 e. The van der Waals surface area contributed by atoms with E-state index in [1.165, 1.54) is 10.6 Å². The quantitative estimate of drug-likeness (QED) is 0.714. The van der Waals surface area contributed by atoms with E-state index < -0.39 is 0 Å². The van der Waals surface area contributed by atoms with Gasteiger partial charge in [-0.15, -0.1) is 0 Å². The minimum absolute atomic E-state index is 0.0698. The number of nitrogens with zero attached hydrogens (tertiary/aromatic N) is 3. The van der Waals surface area contributed by atoms with Gasteiger partial charge in [-0.05, 0) is 24.1 Å². The molecule has 0 bridgehead atoms. The molecule has 1 saturated heterocycles. The zero-order valence-electron chi connectivity index (χ0n) is 17.0. The predicted molar refractivity (Wildman–Crippen MR) is 109 cm³/mol. The third-order valence-electron chi connectivity index (χ3n) is 5.50. The van der Waals surface area contributed by atoms with Gasteiger partial charge >= 0.3 is 0 Å². The molecule has 0 aliphatic carbocycles. The Morgan fingerprint density at radius 3 is 2.55 bits per heavy atom. The van der Waals surface area contributed by atoms with Crippen molar-refractivity contribution in [3.8, 4) is 22.6 Å². The molecule has 8 heteroatoms. The molecule has 8 nitrogen and oxygen atoms in total. The van der Waals surface area contributed by atoms with Crippen LogP contribution in [0.15, 0.2) is 29.1 Å². The van der Waals surface area contributed by atoms with Crippen LogP contribution in [0, 0.1) is 0 Å². The highest BCUT2D eigenvalue weighted by Crippen LogP contribution is 2.36. The van der Waals surface area contributed by atoms with Gasteiger partial charge in [-0.2, -0.15) is 0 Å². The lowest BCUT2D eigenvalue weighted by atomic mass is 10.0. The van der Waals surface area contributed by atoms with Crippen LogP contribution in [0.4, 0.5) is 0 Å². The average molecular weight is 396 g/mol. The number of hydrogen-bond donors (Lipinski definition) is 1. The second-order valence-corrected chi connectivity index (χ2v) is 7.24. The highest BCUT2D eigenvalue weighted by atomic mass is 16.5. The minimum Gasteiger partial charge on any atom is -0.493 e. The van der Waals surface area contributed by atoms with E-state index in [4.69, 9.17) is 14.5 Å². The number of ether oxygens (including phenoxy) is 2. The van der Waals surface area contributed by atoms with Crippen LogP contribution in [-0.2, 0) is 11.2 Å². The zero-order chi connectivity index (χ0) is 20.7. The summed E-state index contributed by atoms with van der Waals surface area (Å²) >= 11 is 0. The summed E-state index contributed by atoms with van der Waals surface area (Å²) in [5.74, 6) is 1.23.